The number of hydrogen-bond acceptors (Lipinski definition) is 5. The zero-order valence-corrected chi connectivity index (χ0v) is 13.4. The Balaban J connectivity index is 1.97. The van der Waals surface area contributed by atoms with Crippen molar-refractivity contribution in [2.45, 2.75) is 46.2 Å². The second kappa shape index (κ2) is 5.75. The number of aromatic nitrogens is 6. The van der Waals surface area contributed by atoms with Crippen LogP contribution in [-0.4, -0.2) is 29.4 Å². The molecule has 0 saturated heterocycles. The lowest BCUT2D eigenvalue weighted by molar-refractivity contribution is 0.591. The zero-order chi connectivity index (χ0) is 15.7. The first-order valence-electron chi connectivity index (χ1n) is 7.59. The molecule has 0 saturated carbocycles. The highest BCUT2D eigenvalue weighted by atomic mass is 15.4. The molecule has 0 bridgehead atoms. The predicted octanol–water partition coefficient (Wildman–Crippen LogP) is 2.64. The molecule has 3 aromatic rings. The summed E-state index contributed by atoms with van der Waals surface area (Å²) >= 11 is 0. The summed E-state index contributed by atoms with van der Waals surface area (Å²) < 4.78 is 3.71. The molecule has 0 aliphatic heterocycles. The van der Waals surface area contributed by atoms with Crippen molar-refractivity contribution in [1.82, 2.24) is 29.4 Å². The molecule has 7 heteroatoms. The molecule has 3 rings (SSSR count). The van der Waals surface area contributed by atoms with Crippen LogP contribution in [0.5, 0.6) is 0 Å². The second-order valence-electron chi connectivity index (χ2n) is 5.62. The van der Waals surface area contributed by atoms with Crippen LogP contribution in [0.3, 0.4) is 0 Å². The normalized spacial score (nSPS) is 13.0. The molecule has 22 heavy (non-hydrogen) atoms. The lowest BCUT2D eigenvalue weighted by Crippen LogP contribution is -2.16. The zero-order valence-electron chi connectivity index (χ0n) is 13.4. The van der Waals surface area contributed by atoms with E-state index < -0.39 is 0 Å². The summed E-state index contributed by atoms with van der Waals surface area (Å²) in [5, 5.41) is 12.1. The van der Waals surface area contributed by atoms with Crippen LogP contribution in [0.2, 0.25) is 0 Å². The Hall–Kier alpha value is -2.44. The van der Waals surface area contributed by atoms with Crippen LogP contribution in [0.4, 0.5) is 5.82 Å². The fraction of sp³-hybridized carbons (Fsp3) is 0.467. The van der Waals surface area contributed by atoms with Crippen molar-refractivity contribution in [2.24, 2.45) is 0 Å². The third-order valence-electron chi connectivity index (χ3n) is 3.67. The van der Waals surface area contributed by atoms with Crippen molar-refractivity contribution in [3.8, 4) is 0 Å². The molecule has 0 aliphatic rings. The van der Waals surface area contributed by atoms with E-state index in [1.165, 1.54) is 0 Å². The van der Waals surface area contributed by atoms with Gasteiger partial charge in [-0.3, -0.25) is 0 Å². The molecule has 0 fully saturated rings. The lowest BCUT2D eigenvalue weighted by atomic mass is 10.1. The van der Waals surface area contributed by atoms with Crippen LogP contribution < -0.4 is 5.32 Å². The van der Waals surface area contributed by atoms with Crippen molar-refractivity contribution < 1.29 is 0 Å². The van der Waals surface area contributed by atoms with Crippen LogP contribution in [0.25, 0.3) is 5.65 Å². The van der Waals surface area contributed by atoms with Crippen LogP contribution in [-0.2, 0) is 6.54 Å². The van der Waals surface area contributed by atoms with Gasteiger partial charge in [-0.05, 0) is 19.8 Å². The summed E-state index contributed by atoms with van der Waals surface area (Å²) in [6.07, 6.45) is 3.35. The van der Waals surface area contributed by atoms with Crippen LogP contribution in [0.15, 0.2) is 24.7 Å². The quantitative estimate of drug-likeness (QED) is 0.784. The molecule has 0 spiro atoms. The molecule has 0 amide bonds. The molecule has 1 N–H and O–H groups in total. The summed E-state index contributed by atoms with van der Waals surface area (Å²) in [5.74, 6) is 2.18. The van der Waals surface area contributed by atoms with Gasteiger partial charge in [0.1, 0.15) is 18.0 Å². The third kappa shape index (κ3) is 2.54. The maximum atomic E-state index is 4.63. The average Bonchev–Trinajstić information content (AvgIpc) is 3.15. The van der Waals surface area contributed by atoms with E-state index in [1.54, 1.807) is 12.5 Å². The van der Waals surface area contributed by atoms with E-state index >= 15 is 0 Å². The van der Waals surface area contributed by atoms with Gasteiger partial charge in [-0.1, -0.05) is 13.8 Å². The predicted molar refractivity (Wildman–Crippen MR) is 84.8 cm³/mol. The summed E-state index contributed by atoms with van der Waals surface area (Å²) in [4.78, 5) is 8.98. The van der Waals surface area contributed by atoms with E-state index in [1.807, 2.05) is 21.3 Å². The molecule has 1 atom stereocenters. The molecule has 7 nitrogen and oxygen atoms in total. The van der Waals surface area contributed by atoms with E-state index in [0.717, 1.165) is 29.5 Å². The first-order valence-corrected chi connectivity index (χ1v) is 7.59. The summed E-state index contributed by atoms with van der Waals surface area (Å²) in [6, 6.07) is 3.99. The van der Waals surface area contributed by atoms with Gasteiger partial charge < -0.3 is 5.32 Å². The minimum absolute atomic E-state index is 0.0252. The molecule has 0 unspecified atom stereocenters. The Bertz CT molecular complexity index is 771. The number of aryl methyl sites for hydroxylation is 1. The fourth-order valence-electron chi connectivity index (χ4n) is 2.47. The van der Waals surface area contributed by atoms with Crippen molar-refractivity contribution in [1.29, 1.82) is 0 Å². The van der Waals surface area contributed by atoms with Gasteiger partial charge in [0, 0.05) is 24.4 Å². The highest BCUT2D eigenvalue weighted by Crippen LogP contribution is 2.22. The van der Waals surface area contributed by atoms with Gasteiger partial charge in [-0.25, -0.2) is 14.6 Å². The summed E-state index contributed by atoms with van der Waals surface area (Å²) in [5.41, 5.74) is 1.89. The Morgan fingerprint density at radius 3 is 2.77 bits per heavy atom. The second-order valence-corrected chi connectivity index (χ2v) is 5.62. The average molecular weight is 299 g/mol. The molecular weight excluding hydrogens is 278 g/mol. The van der Waals surface area contributed by atoms with Crippen molar-refractivity contribution in [2.75, 3.05) is 5.32 Å². The van der Waals surface area contributed by atoms with Crippen molar-refractivity contribution in [3.05, 3.63) is 36.2 Å². The summed E-state index contributed by atoms with van der Waals surface area (Å²) in [7, 11) is 0. The number of fused-ring (bicyclic) bond motifs is 1. The Kier molecular flexibility index (Phi) is 3.79. The Morgan fingerprint density at radius 2 is 2.05 bits per heavy atom. The van der Waals surface area contributed by atoms with E-state index in [2.05, 4.69) is 53.2 Å². The highest BCUT2D eigenvalue weighted by Gasteiger charge is 2.15. The van der Waals surface area contributed by atoms with E-state index in [0.29, 0.717) is 5.92 Å². The Labute approximate surface area is 129 Å². The SMILES string of the molecule is CCn1ncnc1[C@H](C)Nc1cc(C(C)C)nc2ccnn12. The molecule has 0 radical (unpaired) electrons. The minimum atomic E-state index is 0.0252. The summed E-state index contributed by atoms with van der Waals surface area (Å²) in [6.45, 7) is 9.19. The smallest absolute Gasteiger partial charge is 0.157 e. The first-order chi connectivity index (χ1) is 10.6. The van der Waals surface area contributed by atoms with E-state index in [-0.39, 0.29) is 6.04 Å². The van der Waals surface area contributed by atoms with Gasteiger partial charge in [0.15, 0.2) is 5.65 Å². The van der Waals surface area contributed by atoms with Gasteiger partial charge in [0.05, 0.1) is 12.2 Å². The number of hydrogen-bond donors (Lipinski definition) is 1. The van der Waals surface area contributed by atoms with Gasteiger partial charge in [-0.2, -0.15) is 14.7 Å². The highest BCUT2D eigenvalue weighted by molar-refractivity contribution is 5.50. The minimum Gasteiger partial charge on any atom is -0.360 e. The molecular formula is C15H21N7. The van der Waals surface area contributed by atoms with Crippen LogP contribution in [0, 0.1) is 0 Å². The fourth-order valence-corrected chi connectivity index (χ4v) is 2.47. The topological polar surface area (TPSA) is 72.9 Å². The molecule has 116 valence electrons. The standard InChI is InChI=1S/C15H21N7/c1-5-21-15(16-9-18-21)11(4)19-14-8-12(10(2)3)20-13-6-7-17-22(13)14/h6-11,19H,5H2,1-4H3/t11-/m0/s1. The molecule has 0 aliphatic carbocycles. The first kappa shape index (κ1) is 14.5. The molecule has 3 heterocycles. The van der Waals surface area contributed by atoms with E-state index in [4.69, 9.17) is 0 Å². The largest absolute Gasteiger partial charge is 0.360 e. The third-order valence-corrected chi connectivity index (χ3v) is 3.67. The molecule has 3 aromatic heterocycles. The van der Waals surface area contributed by atoms with Crippen LogP contribution >= 0.6 is 0 Å². The van der Waals surface area contributed by atoms with Gasteiger partial charge in [0.2, 0.25) is 0 Å². The lowest BCUT2D eigenvalue weighted by Gasteiger charge is -2.17. The maximum Gasteiger partial charge on any atom is 0.157 e. The number of rotatable bonds is 5. The molecule has 0 aromatic carbocycles. The van der Waals surface area contributed by atoms with Crippen LogP contribution in [0.1, 0.15) is 51.2 Å². The number of nitrogens with one attached hydrogen (secondary N) is 1. The maximum absolute atomic E-state index is 4.63. The number of anilines is 1. The van der Waals surface area contributed by atoms with Gasteiger partial charge >= 0.3 is 0 Å². The monoisotopic (exact) mass is 299 g/mol. The number of nitrogens with zero attached hydrogens (tertiary/aromatic N) is 6. The van der Waals surface area contributed by atoms with Crippen molar-refractivity contribution >= 4 is 11.5 Å². The van der Waals surface area contributed by atoms with Gasteiger partial charge in [0.25, 0.3) is 0 Å². The van der Waals surface area contributed by atoms with E-state index in [9.17, 15) is 0 Å². The van der Waals surface area contributed by atoms with Gasteiger partial charge in [-0.15, -0.1) is 0 Å². The Morgan fingerprint density at radius 1 is 1.23 bits per heavy atom. The van der Waals surface area contributed by atoms with Crippen molar-refractivity contribution in [3.63, 3.8) is 0 Å².